The lowest BCUT2D eigenvalue weighted by Gasteiger charge is -2.11. The molecule has 90 valence electrons. The van der Waals surface area contributed by atoms with Crippen molar-refractivity contribution in [3.05, 3.63) is 23.4 Å². The highest BCUT2D eigenvalue weighted by Gasteiger charge is 2.07. The topological polar surface area (TPSA) is 38.9 Å². The fraction of sp³-hybridized carbons (Fsp3) is 0.615. The van der Waals surface area contributed by atoms with Crippen LogP contribution in [-0.4, -0.2) is 16.3 Å². The van der Waals surface area contributed by atoms with Crippen molar-refractivity contribution in [2.75, 3.05) is 0 Å². The van der Waals surface area contributed by atoms with Crippen molar-refractivity contribution in [3.63, 3.8) is 0 Å². The molecule has 0 amide bonds. The summed E-state index contributed by atoms with van der Waals surface area (Å²) in [4.78, 5) is 4.51. The van der Waals surface area contributed by atoms with Crippen molar-refractivity contribution < 1.29 is 0 Å². The number of pyridine rings is 1. The highest BCUT2D eigenvalue weighted by molar-refractivity contribution is 7.99. The van der Waals surface area contributed by atoms with E-state index in [2.05, 4.69) is 38.7 Å². The standard InChI is InChI=1S/C13H22N2S/c1-5-12(14)7-11-6-10(4)13(15-8-11)16-9(2)3/h6,8-9,12H,5,7,14H2,1-4H3. The van der Waals surface area contributed by atoms with Crippen LogP contribution in [0.15, 0.2) is 17.3 Å². The first-order chi connectivity index (χ1) is 7.52. The molecule has 3 heteroatoms. The van der Waals surface area contributed by atoms with E-state index in [0.29, 0.717) is 5.25 Å². The Labute approximate surface area is 103 Å². The Hall–Kier alpha value is -0.540. The molecule has 2 nitrogen and oxygen atoms in total. The summed E-state index contributed by atoms with van der Waals surface area (Å²) in [5.41, 5.74) is 8.45. The molecule has 0 fully saturated rings. The van der Waals surface area contributed by atoms with E-state index in [-0.39, 0.29) is 6.04 Å². The van der Waals surface area contributed by atoms with Crippen LogP contribution in [0.25, 0.3) is 0 Å². The van der Waals surface area contributed by atoms with E-state index in [1.165, 1.54) is 11.1 Å². The maximum absolute atomic E-state index is 5.94. The minimum absolute atomic E-state index is 0.254. The summed E-state index contributed by atoms with van der Waals surface area (Å²) in [7, 11) is 0. The van der Waals surface area contributed by atoms with Crippen molar-refractivity contribution in [3.8, 4) is 0 Å². The van der Waals surface area contributed by atoms with Crippen LogP contribution < -0.4 is 5.73 Å². The number of nitrogens with zero attached hydrogens (tertiary/aromatic N) is 1. The van der Waals surface area contributed by atoms with Crippen LogP contribution in [-0.2, 0) is 6.42 Å². The smallest absolute Gasteiger partial charge is 0.0991 e. The molecule has 0 aliphatic carbocycles. The zero-order valence-corrected chi connectivity index (χ0v) is 11.5. The number of aryl methyl sites for hydroxylation is 1. The predicted octanol–water partition coefficient (Wildman–Crippen LogP) is 3.17. The number of hydrogen-bond acceptors (Lipinski definition) is 3. The second-order valence-corrected chi connectivity index (χ2v) is 6.07. The zero-order valence-electron chi connectivity index (χ0n) is 10.7. The molecule has 0 bridgehead atoms. The van der Waals surface area contributed by atoms with Crippen molar-refractivity contribution in [2.45, 2.75) is 56.9 Å². The second-order valence-electron chi connectivity index (χ2n) is 4.50. The Kier molecular flexibility index (Phi) is 5.29. The molecular weight excluding hydrogens is 216 g/mol. The average Bonchev–Trinajstić information content (AvgIpc) is 2.21. The number of rotatable bonds is 5. The van der Waals surface area contributed by atoms with Crippen molar-refractivity contribution >= 4 is 11.8 Å². The Balaban J connectivity index is 2.74. The summed E-state index contributed by atoms with van der Waals surface area (Å²) in [6.07, 6.45) is 3.91. The molecule has 0 aliphatic rings. The first-order valence-corrected chi connectivity index (χ1v) is 6.78. The molecule has 1 heterocycles. The Morgan fingerprint density at radius 2 is 2.12 bits per heavy atom. The third-order valence-electron chi connectivity index (χ3n) is 2.46. The molecule has 2 N–H and O–H groups in total. The summed E-state index contributed by atoms with van der Waals surface area (Å²) >= 11 is 1.82. The normalized spacial score (nSPS) is 13.1. The lowest BCUT2D eigenvalue weighted by molar-refractivity contribution is 0.644. The van der Waals surface area contributed by atoms with Gasteiger partial charge in [-0.1, -0.05) is 26.8 Å². The van der Waals surface area contributed by atoms with Crippen molar-refractivity contribution in [1.82, 2.24) is 4.98 Å². The minimum atomic E-state index is 0.254. The Bertz CT molecular complexity index is 337. The zero-order chi connectivity index (χ0) is 12.1. The van der Waals surface area contributed by atoms with Gasteiger partial charge in [-0.2, -0.15) is 0 Å². The average molecular weight is 238 g/mol. The summed E-state index contributed by atoms with van der Waals surface area (Å²) < 4.78 is 0. The molecule has 0 aromatic carbocycles. The molecule has 1 rings (SSSR count). The first-order valence-electron chi connectivity index (χ1n) is 5.90. The molecule has 1 aromatic heterocycles. The number of aromatic nitrogens is 1. The van der Waals surface area contributed by atoms with Gasteiger partial charge in [0, 0.05) is 17.5 Å². The summed E-state index contributed by atoms with van der Waals surface area (Å²) in [6, 6.07) is 2.47. The molecule has 16 heavy (non-hydrogen) atoms. The maximum atomic E-state index is 5.94. The van der Waals surface area contributed by atoms with E-state index < -0.39 is 0 Å². The highest BCUT2D eigenvalue weighted by atomic mass is 32.2. The summed E-state index contributed by atoms with van der Waals surface area (Å²) in [5, 5.41) is 1.72. The van der Waals surface area contributed by atoms with E-state index >= 15 is 0 Å². The Morgan fingerprint density at radius 1 is 1.44 bits per heavy atom. The first kappa shape index (κ1) is 13.5. The van der Waals surface area contributed by atoms with E-state index in [1.807, 2.05) is 18.0 Å². The molecule has 1 atom stereocenters. The number of thioether (sulfide) groups is 1. The van der Waals surface area contributed by atoms with Crippen LogP contribution in [0.5, 0.6) is 0 Å². The Morgan fingerprint density at radius 3 is 2.62 bits per heavy atom. The van der Waals surface area contributed by atoms with Crippen molar-refractivity contribution in [2.24, 2.45) is 5.73 Å². The van der Waals surface area contributed by atoms with Gasteiger partial charge in [-0.3, -0.25) is 0 Å². The molecule has 0 aliphatic heterocycles. The van der Waals surface area contributed by atoms with Crippen LogP contribution >= 0.6 is 11.8 Å². The van der Waals surface area contributed by atoms with E-state index in [0.717, 1.165) is 17.9 Å². The van der Waals surface area contributed by atoms with Gasteiger partial charge in [0.25, 0.3) is 0 Å². The van der Waals surface area contributed by atoms with Crippen LogP contribution in [0, 0.1) is 6.92 Å². The van der Waals surface area contributed by atoms with Gasteiger partial charge in [0.15, 0.2) is 0 Å². The van der Waals surface area contributed by atoms with Crippen molar-refractivity contribution in [1.29, 1.82) is 0 Å². The number of hydrogen-bond donors (Lipinski definition) is 1. The SMILES string of the molecule is CCC(N)Cc1cnc(SC(C)C)c(C)c1. The predicted molar refractivity (Wildman–Crippen MR) is 71.9 cm³/mol. The molecule has 0 spiro atoms. The van der Waals surface area contributed by atoms with Gasteiger partial charge in [0.1, 0.15) is 0 Å². The van der Waals surface area contributed by atoms with E-state index in [4.69, 9.17) is 5.73 Å². The van der Waals surface area contributed by atoms with Crippen LogP contribution in [0.3, 0.4) is 0 Å². The lowest BCUT2D eigenvalue weighted by Crippen LogP contribution is -2.21. The van der Waals surface area contributed by atoms with Gasteiger partial charge >= 0.3 is 0 Å². The van der Waals surface area contributed by atoms with Gasteiger partial charge < -0.3 is 5.73 Å². The fourth-order valence-electron chi connectivity index (χ4n) is 1.53. The fourth-order valence-corrected chi connectivity index (χ4v) is 2.33. The van der Waals surface area contributed by atoms with Gasteiger partial charge in [0.2, 0.25) is 0 Å². The molecule has 1 aromatic rings. The monoisotopic (exact) mass is 238 g/mol. The van der Waals surface area contributed by atoms with Gasteiger partial charge in [-0.05, 0) is 30.9 Å². The van der Waals surface area contributed by atoms with Crippen LogP contribution in [0.4, 0.5) is 0 Å². The third kappa shape index (κ3) is 4.14. The van der Waals surface area contributed by atoms with E-state index in [1.54, 1.807) is 0 Å². The lowest BCUT2D eigenvalue weighted by atomic mass is 10.1. The third-order valence-corrected chi connectivity index (χ3v) is 3.58. The summed E-state index contributed by atoms with van der Waals surface area (Å²) in [5.74, 6) is 0. The molecular formula is C13H22N2S. The molecule has 0 saturated heterocycles. The largest absolute Gasteiger partial charge is 0.327 e. The molecule has 0 saturated carbocycles. The molecule has 1 unspecified atom stereocenters. The van der Waals surface area contributed by atoms with E-state index in [9.17, 15) is 0 Å². The highest BCUT2D eigenvalue weighted by Crippen LogP contribution is 2.24. The van der Waals surface area contributed by atoms with Crippen LogP contribution in [0.2, 0.25) is 0 Å². The maximum Gasteiger partial charge on any atom is 0.0991 e. The molecule has 0 radical (unpaired) electrons. The second kappa shape index (κ2) is 6.26. The quantitative estimate of drug-likeness (QED) is 0.801. The van der Waals surface area contributed by atoms with Gasteiger partial charge in [-0.25, -0.2) is 4.98 Å². The minimum Gasteiger partial charge on any atom is -0.327 e. The van der Waals surface area contributed by atoms with Crippen LogP contribution in [0.1, 0.15) is 38.3 Å². The van der Waals surface area contributed by atoms with Gasteiger partial charge in [0.05, 0.1) is 5.03 Å². The summed E-state index contributed by atoms with van der Waals surface area (Å²) in [6.45, 7) is 8.62. The number of nitrogens with two attached hydrogens (primary N) is 1. The van der Waals surface area contributed by atoms with Gasteiger partial charge in [-0.15, -0.1) is 11.8 Å².